The fraction of sp³-hybridized carbons (Fsp3) is 0.417. The summed E-state index contributed by atoms with van der Waals surface area (Å²) in [6.45, 7) is 4.58. The van der Waals surface area contributed by atoms with E-state index in [0.717, 1.165) is 5.56 Å². The molecule has 0 unspecified atom stereocenters. The quantitative estimate of drug-likeness (QED) is 0.800. The molecule has 0 aromatic heterocycles. The van der Waals surface area contributed by atoms with E-state index >= 15 is 0 Å². The van der Waals surface area contributed by atoms with Gasteiger partial charge in [0.05, 0.1) is 12.7 Å². The monoisotopic (exact) mass is 223 g/mol. The normalized spacial score (nSPS) is 10.5. The average molecular weight is 223 g/mol. The molecule has 0 aliphatic carbocycles. The first-order chi connectivity index (χ1) is 7.54. The molecule has 1 aromatic carbocycles. The molecule has 1 rings (SSSR count). The van der Waals surface area contributed by atoms with Crippen molar-refractivity contribution in [2.45, 2.75) is 26.4 Å². The van der Waals surface area contributed by atoms with Crippen LogP contribution in [-0.4, -0.2) is 24.2 Å². The molecule has 0 bridgehead atoms. The van der Waals surface area contributed by atoms with Gasteiger partial charge in [0.2, 0.25) is 0 Å². The number of aromatic carboxylic acids is 1. The summed E-state index contributed by atoms with van der Waals surface area (Å²) < 4.78 is 5.00. The minimum atomic E-state index is -0.931. The van der Waals surface area contributed by atoms with Crippen molar-refractivity contribution in [3.8, 4) is 5.75 Å². The Morgan fingerprint density at radius 1 is 1.50 bits per heavy atom. The van der Waals surface area contributed by atoms with E-state index in [1.165, 1.54) is 7.11 Å². The summed E-state index contributed by atoms with van der Waals surface area (Å²) in [6.07, 6.45) is 0. The summed E-state index contributed by atoms with van der Waals surface area (Å²) >= 11 is 0. The number of nitrogens with one attached hydrogen (secondary N) is 1. The van der Waals surface area contributed by atoms with Crippen LogP contribution in [0, 0.1) is 0 Å². The first kappa shape index (κ1) is 12.5. The van der Waals surface area contributed by atoms with Gasteiger partial charge < -0.3 is 15.2 Å². The SMILES string of the molecule is COc1ccc(CNC(C)C)c(C(=O)O)c1. The Labute approximate surface area is 95.2 Å². The third-order valence-electron chi connectivity index (χ3n) is 2.25. The lowest BCUT2D eigenvalue weighted by molar-refractivity contribution is 0.0695. The fourth-order valence-corrected chi connectivity index (χ4v) is 1.35. The standard InChI is InChI=1S/C12H17NO3/c1-8(2)13-7-9-4-5-10(16-3)6-11(9)12(14)15/h4-6,8,13H,7H2,1-3H3,(H,14,15). The van der Waals surface area contributed by atoms with E-state index in [0.29, 0.717) is 18.3 Å². The van der Waals surface area contributed by atoms with E-state index in [4.69, 9.17) is 9.84 Å². The summed E-state index contributed by atoms with van der Waals surface area (Å²) in [5, 5.41) is 12.3. The first-order valence-electron chi connectivity index (χ1n) is 5.18. The van der Waals surface area contributed by atoms with Crippen LogP contribution >= 0.6 is 0 Å². The Morgan fingerprint density at radius 2 is 2.19 bits per heavy atom. The van der Waals surface area contributed by atoms with Gasteiger partial charge in [0.15, 0.2) is 0 Å². The van der Waals surface area contributed by atoms with Crippen molar-refractivity contribution in [1.29, 1.82) is 0 Å². The highest BCUT2D eigenvalue weighted by molar-refractivity contribution is 5.89. The van der Waals surface area contributed by atoms with Crippen molar-refractivity contribution in [2.24, 2.45) is 0 Å². The molecule has 0 saturated carbocycles. The van der Waals surface area contributed by atoms with E-state index in [1.807, 2.05) is 13.8 Å². The lowest BCUT2D eigenvalue weighted by Gasteiger charge is -2.11. The predicted molar refractivity (Wildman–Crippen MR) is 61.9 cm³/mol. The van der Waals surface area contributed by atoms with Crippen molar-refractivity contribution in [1.82, 2.24) is 5.32 Å². The molecular formula is C12H17NO3. The molecular weight excluding hydrogens is 206 g/mol. The number of hydrogen-bond acceptors (Lipinski definition) is 3. The Morgan fingerprint density at radius 3 is 2.69 bits per heavy atom. The lowest BCUT2D eigenvalue weighted by atomic mass is 10.1. The number of ether oxygens (including phenoxy) is 1. The zero-order valence-electron chi connectivity index (χ0n) is 9.78. The molecule has 4 heteroatoms. The summed E-state index contributed by atoms with van der Waals surface area (Å²) in [7, 11) is 1.52. The van der Waals surface area contributed by atoms with Crippen molar-refractivity contribution in [2.75, 3.05) is 7.11 Å². The van der Waals surface area contributed by atoms with Gasteiger partial charge in [-0.3, -0.25) is 0 Å². The van der Waals surface area contributed by atoms with Gasteiger partial charge in [-0.2, -0.15) is 0 Å². The highest BCUT2D eigenvalue weighted by Gasteiger charge is 2.11. The van der Waals surface area contributed by atoms with Crippen LogP contribution in [0.3, 0.4) is 0 Å². The van der Waals surface area contributed by atoms with Gasteiger partial charge in [0.1, 0.15) is 5.75 Å². The number of methoxy groups -OCH3 is 1. The van der Waals surface area contributed by atoms with Gasteiger partial charge in [-0.05, 0) is 17.7 Å². The van der Waals surface area contributed by atoms with Gasteiger partial charge in [-0.25, -0.2) is 4.79 Å². The lowest BCUT2D eigenvalue weighted by Crippen LogP contribution is -2.23. The van der Waals surface area contributed by atoms with Crippen LogP contribution in [0.15, 0.2) is 18.2 Å². The van der Waals surface area contributed by atoms with Crippen LogP contribution < -0.4 is 10.1 Å². The average Bonchev–Trinajstić information content (AvgIpc) is 2.25. The summed E-state index contributed by atoms with van der Waals surface area (Å²) in [6, 6.07) is 5.41. The number of carboxylic acid groups (broad SMARTS) is 1. The van der Waals surface area contributed by atoms with Crippen molar-refractivity contribution >= 4 is 5.97 Å². The predicted octanol–water partition coefficient (Wildman–Crippen LogP) is 1.89. The minimum Gasteiger partial charge on any atom is -0.497 e. The van der Waals surface area contributed by atoms with Crippen molar-refractivity contribution in [3.05, 3.63) is 29.3 Å². The number of rotatable bonds is 5. The second-order valence-electron chi connectivity index (χ2n) is 3.86. The molecule has 0 amide bonds. The van der Waals surface area contributed by atoms with Gasteiger partial charge in [0, 0.05) is 12.6 Å². The second-order valence-corrected chi connectivity index (χ2v) is 3.86. The Balaban J connectivity index is 2.94. The molecule has 0 heterocycles. The Kier molecular flexibility index (Phi) is 4.31. The highest BCUT2D eigenvalue weighted by atomic mass is 16.5. The summed E-state index contributed by atoms with van der Waals surface area (Å²) in [4.78, 5) is 11.1. The van der Waals surface area contributed by atoms with Crippen LogP contribution in [0.2, 0.25) is 0 Å². The Bertz CT molecular complexity index is 375. The topological polar surface area (TPSA) is 58.6 Å². The third-order valence-corrected chi connectivity index (χ3v) is 2.25. The molecule has 1 aromatic rings. The van der Waals surface area contributed by atoms with Gasteiger partial charge >= 0.3 is 5.97 Å². The molecule has 0 saturated heterocycles. The van der Waals surface area contributed by atoms with Crippen LogP contribution in [0.1, 0.15) is 29.8 Å². The van der Waals surface area contributed by atoms with E-state index in [1.54, 1.807) is 18.2 Å². The molecule has 0 radical (unpaired) electrons. The van der Waals surface area contributed by atoms with Gasteiger partial charge in [-0.1, -0.05) is 19.9 Å². The van der Waals surface area contributed by atoms with Crippen molar-refractivity contribution in [3.63, 3.8) is 0 Å². The number of carbonyl (C=O) groups is 1. The van der Waals surface area contributed by atoms with Crippen LogP contribution in [0.4, 0.5) is 0 Å². The fourth-order valence-electron chi connectivity index (χ4n) is 1.35. The number of benzene rings is 1. The molecule has 4 nitrogen and oxygen atoms in total. The highest BCUT2D eigenvalue weighted by Crippen LogP contribution is 2.17. The molecule has 0 atom stereocenters. The van der Waals surface area contributed by atoms with Gasteiger partial charge in [-0.15, -0.1) is 0 Å². The largest absolute Gasteiger partial charge is 0.497 e. The molecule has 16 heavy (non-hydrogen) atoms. The van der Waals surface area contributed by atoms with E-state index in [2.05, 4.69) is 5.32 Å². The number of hydrogen-bond donors (Lipinski definition) is 2. The molecule has 0 fully saturated rings. The molecule has 88 valence electrons. The van der Waals surface area contributed by atoms with E-state index in [9.17, 15) is 4.79 Å². The maximum atomic E-state index is 11.1. The Hall–Kier alpha value is -1.55. The van der Waals surface area contributed by atoms with Crippen LogP contribution in [0.5, 0.6) is 5.75 Å². The van der Waals surface area contributed by atoms with Crippen LogP contribution in [-0.2, 0) is 6.54 Å². The van der Waals surface area contributed by atoms with E-state index < -0.39 is 5.97 Å². The maximum Gasteiger partial charge on any atom is 0.336 e. The molecule has 2 N–H and O–H groups in total. The summed E-state index contributed by atoms with van der Waals surface area (Å²) in [5.74, 6) is -0.370. The second kappa shape index (κ2) is 5.51. The van der Waals surface area contributed by atoms with Crippen LogP contribution in [0.25, 0.3) is 0 Å². The molecule has 0 aliphatic rings. The first-order valence-corrected chi connectivity index (χ1v) is 5.18. The third kappa shape index (κ3) is 3.24. The van der Waals surface area contributed by atoms with Gasteiger partial charge in [0.25, 0.3) is 0 Å². The molecule has 0 aliphatic heterocycles. The zero-order chi connectivity index (χ0) is 12.1. The molecule has 0 spiro atoms. The van der Waals surface area contributed by atoms with Crippen molar-refractivity contribution < 1.29 is 14.6 Å². The minimum absolute atomic E-state index is 0.285. The maximum absolute atomic E-state index is 11.1. The smallest absolute Gasteiger partial charge is 0.336 e. The van der Waals surface area contributed by atoms with E-state index in [-0.39, 0.29) is 5.56 Å². The number of carboxylic acids is 1. The summed E-state index contributed by atoms with van der Waals surface area (Å²) in [5.41, 5.74) is 1.05. The zero-order valence-corrected chi connectivity index (χ0v) is 9.78.